The molecular weight excluding hydrogens is 290 g/mol. The minimum Gasteiger partial charge on any atom is -0.456 e. The second kappa shape index (κ2) is 7.22. The lowest BCUT2D eigenvalue weighted by Gasteiger charge is -1.97. The smallest absolute Gasteiger partial charge is 0.331 e. The average molecular weight is 305 g/mol. The molecule has 23 heavy (non-hydrogen) atoms. The molecular formula is C19H15NO3. The van der Waals surface area contributed by atoms with Gasteiger partial charge in [-0.05, 0) is 11.6 Å². The Morgan fingerprint density at radius 3 is 2.48 bits per heavy atom. The molecule has 0 fully saturated rings. The Kier molecular flexibility index (Phi) is 4.64. The third kappa shape index (κ3) is 4.17. The molecule has 1 heterocycles. The maximum absolute atomic E-state index is 11.7. The van der Waals surface area contributed by atoms with Crippen molar-refractivity contribution in [2.45, 2.75) is 6.61 Å². The number of benzene rings is 2. The fourth-order valence-electron chi connectivity index (χ4n) is 2.04. The molecule has 4 heteroatoms. The third-order valence-electron chi connectivity index (χ3n) is 3.19. The maximum Gasteiger partial charge on any atom is 0.331 e. The van der Waals surface area contributed by atoms with Crippen LogP contribution in [-0.2, 0) is 16.1 Å². The zero-order valence-electron chi connectivity index (χ0n) is 12.4. The molecule has 0 N–H and O–H groups in total. The van der Waals surface area contributed by atoms with Gasteiger partial charge in [-0.1, -0.05) is 65.8 Å². The Morgan fingerprint density at radius 1 is 1.04 bits per heavy atom. The van der Waals surface area contributed by atoms with E-state index >= 15 is 0 Å². The van der Waals surface area contributed by atoms with Gasteiger partial charge in [-0.3, -0.25) is 0 Å². The quantitative estimate of drug-likeness (QED) is 0.526. The van der Waals surface area contributed by atoms with Crippen molar-refractivity contribution >= 4 is 12.0 Å². The zero-order valence-corrected chi connectivity index (χ0v) is 12.4. The van der Waals surface area contributed by atoms with Crippen LogP contribution in [0.25, 0.3) is 17.4 Å². The standard InChI is InChI=1S/C19H15NO3/c21-19(12-11-15-7-3-1-4-8-15)22-14-17-13-18(23-20-17)16-9-5-2-6-10-16/h1-13H,14H2/b12-11-. The van der Waals surface area contributed by atoms with E-state index in [1.54, 1.807) is 12.1 Å². The van der Waals surface area contributed by atoms with E-state index in [9.17, 15) is 4.79 Å². The summed E-state index contributed by atoms with van der Waals surface area (Å²) in [6, 6.07) is 21.0. The van der Waals surface area contributed by atoms with Gasteiger partial charge in [0.05, 0.1) is 0 Å². The first-order valence-corrected chi connectivity index (χ1v) is 7.22. The van der Waals surface area contributed by atoms with Crippen LogP contribution in [0.2, 0.25) is 0 Å². The first-order chi connectivity index (χ1) is 11.3. The Balaban J connectivity index is 1.55. The van der Waals surface area contributed by atoms with Crippen LogP contribution < -0.4 is 0 Å². The number of nitrogens with zero attached hydrogens (tertiary/aromatic N) is 1. The number of rotatable bonds is 5. The summed E-state index contributed by atoms with van der Waals surface area (Å²) < 4.78 is 10.4. The highest BCUT2D eigenvalue weighted by molar-refractivity contribution is 5.87. The van der Waals surface area contributed by atoms with E-state index in [2.05, 4.69) is 5.16 Å². The molecule has 0 aliphatic heterocycles. The molecule has 0 bridgehead atoms. The van der Waals surface area contributed by atoms with E-state index in [1.807, 2.05) is 60.7 Å². The van der Waals surface area contributed by atoms with Crippen molar-refractivity contribution in [3.63, 3.8) is 0 Å². The molecule has 4 nitrogen and oxygen atoms in total. The minimum atomic E-state index is -0.418. The molecule has 0 spiro atoms. The number of ether oxygens (including phenoxy) is 1. The van der Waals surface area contributed by atoms with E-state index in [0.717, 1.165) is 11.1 Å². The van der Waals surface area contributed by atoms with Crippen molar-refractivity contribution in [2.75, 3.05) is 0 Å². The van der Waals surface area contributed by atoms with Gasteiger partial charge in [-0.15, -0.1) is 0 Å². The van der Waals surface area contributed by atoms with Gasteiger partial charge in [0.1, 0.15) is 12.3 Å². The molecule has 0 radical (unpaired) electrons. The Labute approximate surface area is 134 Å². The summed E-state index contributed by atoms with van der Waals surface area (Å²) >= 11 is 0. The first kappa shape index (κ1) is 14.8. The highest BCUT2D eigenvalue weighted by Crippen LogP contribution is 2.19. The van der Waals surface area contributed by atoms with Crippen LogP contribution in [0.3, 0.4) is 0 Å². The number of carbonyl (C=O) groups is 1. The lowest BCUT2D eigenvalue weighted by Crippen LogP contribution is -2.00. The topological polar surface area (TPSA) is 52.3 Å². The van der Waals surface area contributed by atoms with Gasteiger partial charge >= 0.3 is 5.97 Å². The predicted octanol–water partition coefficient (Wildman–Crippen LogP) is 4.10. The molecule has 0 aliphatic carbocycles. The van der Waals surface area contributed by atoms with Crippen molar-refractivity contribution in [3.8, 4) is 11.3 Å². The average Bonchev–Trinajstić information content (AvgIpc) is 3.09. The summed E-state index contributed by atoms with van der Waals surface area (Å²) in [6.07, 6.45) is 3.11. The summed E-state index contributed by atoms with van der Waals surface area (Å²) in [6.45, 7) is 0.0777. The summed E-state index contributed by atoms with van der Waals surface area (Å²) in [7, 11) is 0. The second-order valence-electron chi connectivity index (χ2n) is 4.90. The monoisotopic (exact) mass is 305 g/mol. The van der Waals surface area contributed by atoms with Gasteiger partial charge in [-0.25, -0.2) is 4.79 Å². The molecule has 0 atom stereocenters. The lowest BCUT2D eigenvalue weighted by molar-refractivity contribution is -0.139. The van der Waals surface area contributed by atoms with Crippen LogP contribution in [0.1, 0.15) is 11.3 Å². The molecule has 0 aliphatic rings. The van der Waals surface area contributed by atoms with Crippen LogP contribution >= 0.6 is 0 Å². The highest BCUT2D eigenvalue weighted by Gasteiger charge is 2.07. The van der Waals surface area contributed by atoms with Crippen LogP contribution in [0.5, 0.6) is 0 Å². The molecule has 2 aromatic carbocycles. The molecule has 3 rings (SSSR count). The van der Waals surface area contributed by atoms with E-state index in [1.165, 1.54) is 6.08 Å². The van der Waals surface area contributed by atoms with Gasteiger partial charge in [0.2, 0.25) is 0 Å². The van der Waals surface area contributed by atoms with Gasteiger partial charge < -0.3 is 9.26 Å². The van der Waals surface area contributed by atoms with Crippen molar-refractivity contribution in [2.24, 2.45) is 0 Å². The third-order valence-corrected chi connectivity index (χ3v) is 3.19. The van der Waals surface area contributed by atoms with Crippen molar-refractivity contribution < 1.29 is 14.1 Å². The summed E-state index contributed by atoms with van der Waals surface area (Å²) in [5, 5.41) is 3.91. The Hall–Kier alpha value is -3.14. The van der Waals surface area contributed by atoms with Crippen LogP contribution in [0, 0.1) is 0 Å². The maximum atomic E-state index is 11.7. The first-order valence-electron chi connectivity index (χ1n) is 7.22. The van der Waals surface area contributed by atoms with Gasteiger partial charge in [0.15, 0.2) is 5.76 Å². The van der Waals surface area contributed by atoms with Gasteiger partial charge in [0.25, 0.3) is 0 Å². The van der Waals surface area contributed by atoms with E-state index in [-0.39, 0.29) is 6.61 Å². The van der Waals surface area contributed by atoms with Crippen LogP contribution in [0.4, 0.5) is 0 Å². The molecule has 0 saturated heterocycles. The normalized spacial score (nSPS) is 10.8. The largest absolute Gasteiger partial charge is 0.456 e. The van der Waals surface area contributed by atoms with Gasteiger partial charge in [0, 0.05) is 17.7 Å². The molecule has 0 amide bonds. The summed E-state index contributed by atoms with van der Waals surface area (Å²) in [5.74, 6) is 0.231. The van der Waals surface area contributed by atoms with Crippen molar-refractivity contribution in [3.05, 3.63) is 84.1 Å². The molecule has 3 aromatic rings. The second-order valence-corrected chi connectivity index (χ2v) is 4.90. The van der Waals surface area contributed by atoms with E-state index < -0.39 is 5.97 Å². The number of hydrogen-bond donors (Lipinski definition) is 0. The summed E-state index contributed by atoms with van der Waals surface area (Å²) in [4.78, 5) is 11.7. The highest BCUT2D eigenvalue weighted by atomic mass is 16.5. The molecule has 1 aromatic heterocycles. The summed E-state index contributed by atoms with van der Waals surface area (Å²) in [5.41, 5.74) is 2.45. The Bertz CT molecular complexity index is 792. The Morgan fingerprint density at radius 2 is 1.74 bits per heavy atom. The van der Waals surface area contributed by atoms with Crippen LogP contribution in [0.15, 0.2) is 77.3 Å². The number of carbonyl (C=O) groups excluding carboxylic acids is 1. The SMILES string of the molecule is O=C(/C=C\c1ccccc1)OCc1cc(-c2ccccc2)on1. The fourth-order valence-corrected chi connectivity index (χ4v) is 2.04. The van der Waals surface area contributed by atoms with Crippen LogP contribution in [-0.4, -0.2) is 11.1 Å². The number of aromatic nitrogens is 1. The minimum absolute atomic E-state index is 0.0777. The van der Waals surface area contributed by atoms with Crippen molar-refractivity contribution in [1.82, 2.24) is 5.16 Å². The number of hydrogen-bond acceptors (Lipinski definition) is 4. The fraction of sp³-hybridized carbons (Fsp3) is 0.0526. The zero-order chi connectivity index (χ0) is 15.9. The lowest BCUT2D eigenvalue weighted by atomic mass is 10.2. The predicted molar refractivity (Wildman–Crippen MR) is 87.2 cm³/mol. The van der Waals surface area contributed by atoms with Crippen molar-refractivity contribution in [1.29, 1.82) is 0 Å². The molecule has 0 saturated carbocycles. The van der Waals surface area contributed by atoms with E-state index in [0.29, 0.717) is 11.5 Å². The number of esters is 1. The molecule has 0 unspecified atom stereocenters. The van der Waals surface area contributed by atoms with E-state index in [4.69, 9.17) is 9.26 Å². The van der Waals surface area contributed by atoms with Gasteiger partial charge in [-0.2, -0.15) is 0 Å². The molecule has 114 valence electrons.